The smallest absolute Gasteiger partial charge is 0.336 e. The molecule has 2 N–H and O–H groups in total. The van der Waals surface area contributed by atoms with Crippen LogP contribution in [0.3, 0.4) is 0 Å². The lowest BCUT2D eigenvalue weighted by Crippen LogP contribution is -2.28. The molecule has 0 heterocycles. The zero-order valence-corrected chi connectivity index (χ0v) is 15.7. The molecule has 27 heavy (non-hydrogen) atoms. The van der Waals surface area contributed by atoms with Gasteiger partial charge in [-0.05, 0) is 47.2 Å². The molecule has 0 spiro atoms. The number of rotatable bonds is 8. The second-order valence-corrected chi connectivity index (χ2v) is 6.90. The number of carboxylic acid groups (broad SMARTS) is 2. The van der Waals surface area contributed by atoms with Crippen molar-refractivity contribution in [2.45, 2.75) is 32.1 Å². The van der Waals surface area contributed by atoms with Gasteiger partial charge in [-0.15, -0.1) is 13.2 Å². The number of carboxylic acids is 2. The topological polar surface area (TPSA) is 74.6 Å². The van der Waals surface area contributed by atoms with Gasteiger partial charge in [0, 0.05) is 5.41 Å². The van der Waals surface area contributed by atoms with Crippen molar-refractivity contribution in [3.63, 3.8) is 0 Å². The van der Waals surface area contributed by atoms with E-state index in [0.29, 0.717) is 24.0 Å². The second-order valence-electron chi connectivity index (χ2n) is 6.90. The predicted octanol–water partition coefficient (Wildman–Crippen LogP) is 4.87. The number of hydrogen-bond acceptors (Lipinski definition) is 2. The Balaban J connectivity index is 2.92. The minimum absolute atomic E-state index is 0.170. The lowest BCUT2D eigenvalue weighted by molar-refractivity contribution is 0.0686. The van der Waals surface area contributed by atoms with Gasteiger partial charge in [-0.25, -0.2) is 9.59 Å². The van der Waals surface area contributed by atoms with Gasteiger partial charge in [-0.1, -0.05) is 50.3 Å². The highest BCUT2D eigenvalue weighted by molar-refractivity contribution is 5.93. The van der Waals surface area contributed by atoms with Crippen molar-refractivity contribution < 1.29 is 19.8 Å². The first-order valence-corrected chi connectivity index (χ1v) is 8.68. The molecule has 0 atom stereocenters. The van der Waals surface area contributed by atoms with Gasteiger partial charge < -0.3 is 10.2 Å². The van der Waals surface area contributed by atoms with E-state index in [0.717, 1.165) is 11.1 Å². The summed E-state index contributed by atoms with van der Waals surface area (Å²) in [6, 6.07) is 10.2. The second kappa shape index (κ2) is 8.04. The van der Waals surface area contributed by atoms with Crippen molar-refractivity contribution in [1.82, 2.24) is 0 Å². The van der Waals surface area contributed by atoms with Crippen LogP contribution in [0, 0.1) is 0 Å². The van der Waals surface area contributed by atoms with Gasteiger partial charge in [-0.2, -0.15) is 0 Å². The normalized spacial score (nSPS) is 11.0. The molecule has 0 aliphatic heterocycles. The average Bonchev–Trinajstić information content (AvgIpc) is 2.61. The quantitative estimate of drug-likeness (QED) is 0.656. The summed E-state index contributed by atoms with van der Waals surface area (Å²) >= 11 is 0. The lowest BCUT2D eigenvalue weighted by Gasteiger charge is -2.33. The Morgan fingerprint density at radius 1 is 0.852 bits per heavy atom. The van der Waals surface area contributed by atoms with E-state index >= 15 is 0 Å². The Labute approximate surface area is 159 Å². The third-order valence-corrected chi connectivity index (χ3v) is 4.74. The van der Waals surface area contributed by atoms with Gasteiger partial charge in [0.25, 0.3) is 0 Å². The maximum absolute atomic E-state index is 11.9. The summed E-state index contributed by atoms with van der Waals surface area (Å²) in [4.78, 5) is 23.9. The molecule has 0 aliphatic carbocycles. The van der Waals surface area contributed by atoms with Crippen molar-refractivity contribution in [3.8, 4) is 0 Å². The number of carbonyl (C=O) groups is 2. The molecule has 0 aromatic heterocycles. The van der Waals surface area contributed by atoms with Gasteiger partial charge in [0.05, 0.1) is 11.1 Å². The number of hydrogen-bond donors (Lipinski definition) is 2. The molecule has 0 fully saturated rings. The molecule has 0 unspecified atom stereocenters. The zero-order chi connectivity index (χ0) is 20.2. The SMILES string of the molecule is C=CCc1cccc(C(=O)O)c1C(C)(C)c1c(CC=C)cccc1C(=O)O. The van der Waals surface area contributed by atoms with Gasteiger partial charge in [0.2, 0.25) is 0 Å². The van der Waals surface area contributed by atoms with Crippen molar-refractivity contribution in [2.24, 2.45) is 0 Å². The monoisotopic (exact) mass is 364 g/mol. The van der Waals surface area contributed by atoms with Gasteiger partial charge in [0.1, 0.15) is 0 Å². The van der Waals surface area contributed by atoms with Crippen molar-refractivity contribution >= 4 is 11.9 Å². The third-order valence-electron chi connectivity index (χ3n) is 4.74. The molecule has 2 aromatic carbocycles. The van der Waals surface area contributed by atoms with E-state index in [9.17, 15) is 19.8 Å². The molecule has 4 heteroatoms. The third kappa shape index (κ3) is 3.85. The molecule has 2 rings (SSSR count). The Morgan fingerprint density at radius 2 is 1.22 bits per heavy atom. The number of allylic oxidation sites excluding steroid dienone is 2. The van der Waals surface area contributed by atoms with Crippen molar-refractivity contribution in [3.05, 3.63) is 95.1 Å². The number of aromatic carboxylic acids is 2. The van der Waals surface area contributed by atoms with Crippen LogP contribution in [0.25, 0.3) is 0 Å². The Kier molecular flexibility index (Phi) is 6.01. The fraction of sp³-hybridized carbons (Fsp3) is 0.217. The first kappa shape index (κ1) is 20.2. The van der Waals surface area contributed by atoms with E-state index in [4.69, 9.17) is 0 Å². The van der Waals surface area contributed by atoms with E-state index < -0.39 is 17.4 Å². The Hall–Kier alpha value is -3.14. The molecular weight excluding hydrogens is 340 g/mol. The molecule has 0 amide bonds. The summed E-state index contributed by atoms with van der Waals surface area (Å²) in [5, 5.41) is 19.5. The van der Waals surface area contributed by atoms with Crippen LogP contribution < -0.4 is 0 Å². The molecule has 140 valence electrons. The molecule has 0 bridgehead atoms. The summed E-state index contributed by atoms with van der Waals surface area (Å²) in [6.07, 6.45) is 4.42. The van der Waals surface area contributed by atoms with Crippen LogP contribution in [0.15, 0.2) is 61.7 Å². The predicted molar refractivity (Wildman–Crippen MR) is 107 cm³/mol. The van der Waals surface area contributed by atoms with E-state index in [-0.39, 0.29) is 11.1 Å². The summed E-state index contributed by atoms with van der Waals surface area (Å²) in [5.41, 5.74) is 2.35. The fourth-order valence-electron chi connectivity index (χ4n) is 3.81. The largest absolute Gasteiger partial charge is 0.478 e. The molecular formula is C23H24O4. The molecule has 0 saturated heterocycles. The van der Waals surface area contributed by atoms with E-state index in [1.165, 1.54) is 0 Å². The van der Waals surface area contributed by atoms with Gasteiger partial charge in [0.15, 0.2) is 0 Å². The fourth-order valence-corrected chi connectivity index (χ4v) is 3.81. The van der Waals surface area contributed by atoms with Gasteiger partial charge in [-0.3, -0.25) is 0 Å². The minimum atomic E-state index is -1.04. The van der Waals surface area contributed by atoms with E-state index in [1.54, 1.807) is 36.4 Å². The zero-order valence-electron chi connectivity index (χ0n) is 15.7. The summed E-state index contributed by atoms with van der Waals surface area (Å²) in [5.74, 6) is -2.08. The first-order chi connectivity index (χ1) is 12.8. The highest BCUT2D eigenvalue weighted by atomic mass is 16.4. The molecule has 4 nitrogen and oxygen atoms in total. The molecule has 0 aliphatic rings. The minimum Gasteiger partial charge on any atom is -0.478 e. The molecule has 0 saturated carbocycles. The molecule has 0 radical (unpaired) electrons. The molecule has 2 aromatic rings. The summed E-state index contributed by atoms with van der Waals surface area (Å²) in [6.45, 7) is 11.3. The van der Waals surface area contributed by atoms with Crippen LogP contribution in [0.4, 0.5) is 0 Å². The van der Waals surface area contributed by atoms with Crippen LogP contribution in [0.2, 0.25) is 0 Å². The van der Waals surface area contributed by atoms with E-state index in [2.05, 4.69) is 13.2 Å². The van der Waals surface area contributed by atoms with Crippen molar-refractivity contribution in [2.75, 3.05) is 0 Å². The Bertz CT molecular complexity index is 833. The highest BCUT2D eigenvalue weighted by Gasteiger charge is 2.35. The maximum atomic E-state index is 11.9. The van der Waals surface area contributed by atoms with Crippen LogP contribution in [0.5, 0.6) is 0 Å². The lowest BCUT2D eigenvalue weighted by atomic mass is 9.70. The van der Waals surface area contributed by atoms with Gasteiger partial charge >= 0.3 is 11.9 Å². The van der Waals surface area contributed by atoms with Crippen LogP contribution in [0.1, 0.15) is 56.8 Å². The highest BCUT2D eigenvalue weighted by Crippen LogP contribution is 2.40. The average molecular weight is 364 g/mol. The van der Waals surface area contributed by atoms with Crippen molar-refractivity contribution in [1.29, 1.82) is 0 Å². The summed E-state index contributed by atoms with van der Waals surface area (Å²) in [7, 11) is 0. The maximum Gasteiger partial charge on any atom is 0.336 e. The standard InChI is InChI=1S/C23H24O4/c1-5-9-15-11-7-13-17(21(24)25)19(15)23(3,4)20-16(10-6-2)12-8-14-18(20)22(26)27/h5-8,11-14H,1-2,9-10H2,3-4H3,(H,24,25)(H,26,27). The van der Waals surface area contributed by atoms with Crippen LogP contribution in [-0.4, -0.2) is 22.2 Å². The van der Waals surface area contributed by atoms with E-state index in [1.807, 2.05) is 26.0 Å². The van der Waals surface area contributed by atoms with Crippen LogP contribution >= 0.6 is 0 Å². The first-order valence-electron chi connectivity index (χ1n) is 8.68. The van der Waals surface area contributed by atoms with Crippen LogP contribution in [-0.2, 0) is 18.3 Å². The number of benzene rings is 2. The Morgan fingerprint density at radius 3 is 1.52 bits per heavy atom. The summed E-state index contributed by atoms with van der Waals surface area (Å²) < 4.78 is 0.